The Morgan fingerprint density at radius 3 is 2.17 bits per heavy atom. The standard InChI is InChI=1S/C19H21NO4/c1-2-19(17(21)22,16-11-7-4-8-12-16)14-20-18(23)24-13-15-9-5-3-6-10-15/h3-12H,2,13-14H2,1H3,(H,20,23)(H,21,22). The molecule has 1 atom stereocenters. The van der Waals surface area contributed by atoms with Gasteiger partial charge in [0.25, 0.3) is 0 Å². The van der Waals surface area contributed by atoms with Crippen molar-refractivity contribution in [1.29, 1.82) is 0 Å². The van der Waals surface area contributed by atoms with Crippen LogP contribution in [0, 0.1) is 0 Å². The lowest BCUT2D eigenvalue weighted by atomic mass is 9.78. The average molecular weight is 327 g/mol. The number of carbonyl (C=O) groups is 2. The van der Waals surface area contributed by atoms with Crippen molar-refractivity contribution in [1.82, 2.24) is 5.32 Å². The number of hydrogen-bond donors (Lipinski definition) is 2. The van der Waals surface area contributed by atoms with E-state index in [1.54, 1.807) is 31.2 Å². The Morgan fingerprint density at radius 1 is 1.04 bits per heavy atom. The lowest BCUT2D eigenvalue weighted by molar-refractivity contribution is -0.143. The molecular weight excluding hydrogens is 306 g/mol. The van der Waals surface area contributed by atoms with E-state index >= 15 is 0 Å². The predicted molar refractivity (Wildman–Crippen MR) is 90.7 cm³/mol. The molecular formula is C19H21NO4. The summed E-state index contributed by atoms with van der Waals surface area (Å²) in [6.07, 6.45) is -0.278. The molecule has 0 saturated carbocycles. The Bertz CT molecular complexity index is 672. The number of aliphatic carboxylic acids is 1. The Balaban J connectivity index is 2.00. The van der Waals surface area contributed by atoms with E-state index in [1.807, 2.05) is 36.4 Å². The molecule has 1 unspecified atom stereocenters. The maximum Gasteiger partial charge on any atom is 0.407 e. The first kappa shape index (κ1) is 17.5. The zero-order chi connectivity index (χ0) is 17.4. The first-order valence-corrected chi connectivity index (χ1v) is 7.82. The van der Waals surface area contributed by atoms with Gasteiger partial charge in [0.1, 0.15) is 12.0 Å². The number of nitrogens with one attached hydrogen (secondary N) is 1. The molecule has 0 saturated heterocycles. The van der Waals surface area contributed by atoms with E-state index in [0.29, 0.717) is 12.0 Å². The van der Waals surface area contributed by atoms with Crippen LogP contribution in [-0.4, -0.2) is 23.7 Å². The summed E-state index contributed by atoms with van der Waals surface area (Å²) < 4.78 is 5.14. The van der Waals surface area contributed by atoms with Gasteiger partial charge in [0.05, 0.1) is 0 Å². The van der Waals surface area contributed by atoms with Crippen molar-refractivity contribution in [2.24, 2.45) is 0 Å². The molecule has 126 valence electrons. The molecule has 5 nitrogen and oxygen atoms in total. The van der Waals surface area contributed by atoms with E-state index in [2.05, 4.69) is 5.32 Å². The van der Waals surface area contributed by atoms with Crippen molar-refractivity contribution in [2.75, 3.05) is 6.54 Å². The van der Waals surface area contributed by atoms with E-state index < -0.39 is 17.5 Å². The molecule has 2 rings (SSSR count). The van der Waals surface area contributed by atoms with Crippen LogP contribution in [0.3, 0.4) is 0 Å². The van der Waals surface area contributed by atoms with Gasteiger partial charge >= 0.3 is 12.1 Å². The highest BCUT2D eigenvalue weighted by Gasteiger charge is 2.39. The van der Waals surface area contributed by atoms with Gasteiger partial charge in [-0.3, -0.25) is 4.79 Å². The van der Waals surface area contributed by atoms with Crippen LogP contribution >= 0.6 is 0 Å². The second-order valence-corrected chi connectivity index (χ2v) is 5.52. The van der Waals surface area contributed by atoms with Gasteiger partial charge in [-0.25, -0.2) is 4.79 Å². The Hall–Kier alpha value is -2.82. The third-order valence-electron chi connectivity index (χ3n) is 4.09. The van der Waals surface area contributed by atoms with Crippen LogP contribution < -0.4 is 5.32 Å². The minimum atomic E-state index is -1.17. The molecule has 0 aliphatic rings. The van der Waals surface area contributed by atoms with Crippen LogP contribution in [0.2, 0.25) is 0 Å². The van der Waals surface area contributed by atoms with Gasteiger partial charge in [0, 0.05) is 6.54 Å². The zero-order valence-corrected chi connectivity index (χ0v) is 13.6. The number of ether oxygens (including phenoxy) is 1. The molecule has 0 aliphatic carbocycles. The van der Waals surface area contributed by atoms with E-state index in [4.69, 9.17) is 4.74 Å². The Kier molecular flexibility index (Phi) is 5.95. The molecule has 2 aromatic rings. The number of carboxylic acids is 1. The summed E-state index contributed by atoms with van der Waals surface area (Å²) in [5, 5.41) is 12.3. The van der Waals surface area contributed by atoms with Crippen LogP contribution in [0.5, 0.6) is 0 Å². The average Bonchev–Trinajstić information content (AvgIpc) is 2.62. The summed E-state index contributed by atoms with van der Waals surface area (Å²) in [5.74, 6) is -0.973. The Morgan fingerprint density at radius 2 is 1.62 bits per heavy atom. The van der Waals surface area contributed by atoms with Crippen LogP contribution in [0.1, 0.15) is 24.5 Å². The number of alkyl carbamates (subject to hydrolysis) is 1. The van der Waals surface area contributed by atoms with E-state index in [-0.39, 0.29) is 13.2 Å². The van der Waals surface area contributed by atoms with Gasteiger partial charge in [0.2, 0.25) is 0 Å². The van der Waals surface area contributed by atoms with E-state index in [0.717, 1.165) is 5.56 Å². The van der Waals surface area contributed by atoms with Gasteiger partial charge in [-0.2, -0.15) is 0 Å². The molecule has 0 radical (unpaired) electrons. The van der Waals surface area contributed by atoms with Gasteiger partial charge in [0.15, 0.2) is 0 Å². The summed E-state index contributed by atoms with van der Waals surface area (Å²) >= 11 is 0. The van der Waals surface area contributed by atoms with Gasteiger partial charge in [-0.1, -0.05) is 67.6 Å². The topological polar surface area (TPSA) is 75.6 Å². The van der Waals surface area contributed by atoms with Crippen molar-refractivity contribution in [3.8, 4) is 0 Å². The van der Waals surface area contributed by atoms with Crippen molar-refractivity contribution < 1.29 is 19.4 Å². The number of rotatable bonds is 7. The van der Waals surface area contributed by atoms with Gasteiger partial charge < -0.3 is 15.2 Å². The molecule has 2 aromatic carbocycles. The van der Waals surface area contributed by atoms with Gasteiger partial charge in [-0.05, 0) is 17.5 Å². The summed E-state index contributed by atoms with van der Waals surface area (Å²) in [5.41, 5.74) is 0.353. The first-order chi connectivity index (χ1) is 11.6. The van der Waals surface area contributed by atoms with Gasteiger partial charge in [-0.15, -0.1) is 0 Å². The van der Waals surface area contributed by atoms with E-state index in [1.165, 1.54) is 0 Å². The summed E-state index contributed by atoms with van der Waals surface area (Å²) in [4.78, 5) is 23.8. The smallest absolute Gasteiger partial charge is 0.407 e. The maximum absolute atomic E-state index is 11.9. The molecule has 5 heteroatoms. The molecule has 0 bridgehead atoms. The highest BCUT2D eigenvalue weighted by atomic mass is 16.5. The first-order valence-electron chi connectivity index (χ1n) is 7.82. The minimum absolute atomic E-state index is 0.0313. The lowest BCUT2D eigenvalue weighted by Gasteiger charge is -2.28. The van der Waals surface area contributed by atoms with E-state index in [9.17, 15) is 14.7 Å². The Labute approximate surface area is 141 Å². The second kappa shape index (κ2) is 8.15. The normalized spacial score (nSPS) is 12.9. The SMILES string of the molecule is CCC(CNC(=O)OCc1ccccc1)(C(=O)O)c1ccccc1. The van der Waals surface area contributed by atoms with Crippen molar-refractivity contribution in [3.05, 3.63) is 71.8 Å². The fourth-order valence-electron chi connectivity index (χ4n) is 2.54. The number of benzene rings is 2. The molecule has 0 fully saturated rings. The van der Waals surface area contributed by atoms with Crippen molar-refractivity contribution >= 4 is 12.1 Å². The van der Waals surface area contributed by atoms with Crippen LogP contribution in [0.4, 0.5) is 4.79 Å². The fourth-order valence-corrected chi connectivity index (χ4v) is 2.54. The lowest BCUT2D eigenvalue weighted by Crippen LogP contribution is -2.46. The molecule has 0 aromatic heterocycles. The third kappa shape index (κ3) is 4.13. The number of carbonyl (C=O) groups excluding carboxylic acids is 1. The molecule has 0 heterocycles. The second-order valence-electron chi connectivity index (χ2n) is 5.52. The van der Waals surface area contributed by atoms with Crippen molar-refractivity contribution in [2.45, 2.75) is 25.4 Å². The monoisotopic (exact) mass is 327 g/mol. The predicted octanol–water partition coefficient (Wildman–Crippen LogP) is 3.35. The highest BCUT2D eigenvalue weighted by Crippen LogP contribution is 2.27. The maximum atomic E-state index is 11.9. The van der Waals surface area contributed by atoms with Crippen LogP contribution in [0.15, 0.2) is 60.7 Å². The number of amides is 1. The summed E-state index contributed by atoms with van der Waals surface area (Å²) in [6.45, 7) is 1.90. The molecule has 1 amide bonds. The molecule has 24 heavy (non-hydrogen) atoms. The zero-order valence-electron chi connectivity index (χ0n) is 13.6. The largest absolute Gasteiger partial charge is 0.481 e. The number of carboxylic acid groups (broad SMARTS) is 1. The number of hydrogen-bond acceptors (Lipinski definition) is 3. The summed E-state index contributed by atoms with van der Waals surface area (Å²) in [6, 6.07) is 18.2. The minimum Gasteiger partial charge on any atom is -0.481 e. The molecule has 0 spiro atoms. The quantitative estimate of drug-likeness (QED) is 0.818. The molecule has 0 aliphatic heterocycles. The molecule has 2 N–H and O–H groups in total. The van der Waals surface area contributed by atoms with Crippen LogP contribution in [0.25, 0.3) is 0 Å². The fraction of sp³-hybridized carbons (Fsp3) is 0.263. The van der Waals surface area contributed by atoms with Crippen molar-refractivity contribution in [3.63, 3.8) is 0 Å². The third-order valence-corrected chi connectivity index (χ3v) is 4.09. The highest BCUT2D eigenvalue weighted by molar-refractivity contribution is 5.82. The summed E-state index contributed by atoms with van der Waals surface area (Å²) in [7, 11) is 0. The van der Waals surface area contributed by atoms with Crippen LogP contribution in [-0.2, 0) is 21.6 Å².